The van der Waals surface area contributed by atoms with E-state index >= 15 is 0 Å². The number of ether oxygens (including phenoxy) is 2. The summed E-state index contributed by atoms with van der Waals surface area (Å²) in [6, 6.07) is 18.1. The van der Waals surface area contributed by atoms with Crippen molar-refractivity contribution < 1.29 is 38.2 Å². The Bertz CT molecular complexity index is 2090. The van der Waals surface area contributed by atoms with Gasteiger partial charge < -0.3 is 40.5 Å². The molecule has 15 nitrogen and oxygen atoms in total. The van der Waals surface area contributed by atoms with Crippen molar-refractivity contribution in [2.75, 3.05) is 37.9 Å². The monoisotopic (exact) mass is 877 g/mol. The number of nitrogens with one attached hydrogen (secondary N) is 4. The topological polar surface area (TPSA) is 179 Å². The number of anilines is 2. The summed E-state index contributed by atoms with van der Waals surface area (Å²) in [4.78, 5) is 84.2. The summed E-state index contributed by atoms with van der Waals surface area (Å²) in [7, 11) is 2.51. The van der Waals surface area contributed by atoms with E-state index in [9.17, 15) is 28.8 Å². The lowest BCUT2D eigenvalue weighted by molar-refractivity contribution is -0.139. The van der Waals surface area contributed by atoms with Gasteiger partial charge in [0.1, 0.15) is 24.2 Å². The molecule has 3 fully saturated rings. The van der Waals surface area contributed by atoms with Crippen LogP contribution in [0.25, 0.3) is 22.3 Å². The first-order valence-electron chi connectivity index (χ1n) is 22.7. The van der Waals surface area contributed by atoms with Gasteiger partial charge in [-0.3, -0.25) is 24.1 Å². The van der Waals surface area contributed by atoms with Gasteiger partial charge in [0, 0.05) is 42.6 Å². The highest BCUT2D eigenvalue weighted by Crippen LogP contribution is 2.59. The molecule has 7 rings (SSSR count). The summed E-state index contributed by atoms with van der Waals surface area (Å²) in [5, 5.41) is 11.3. The molecule has 0 aromatic heterocycles. The second-order valence-corrected chi connectivity index (χ2v) is 18.4. The number of hydrogen-bond acceptors (Lipinski definition) is 9. The van der Waals surface area contributed by atoms with E-state index in [0.29, 0.717) is 56.2 Å². The molecule has 64 heavy (non-hydrogen) atoms. The number of methoxy groups -OCH3 is 2. The molecule has 0 radical (unpaired) electrons. The minimum absolute atomic E-state index is 0.194. The van der Waals surface area contributed by atoms with Crippen LogP contribution in [0.4, 0.5) is 21.0 Å². The number of carbonyl (C=O) groups excluding carboxylic acids is 6. The molecule has 2 bridgehead atoms. The summed E-state index contributed by atoms with van der Waals surface area (Å²) in [6.45, 7) is 12.7. The Hall–Kier alpha value is -5.96. The highest BCUT2D eigenvalue weighted by Gasteiger charge is 2.48. The first-order valence-corrected chi connectivity index (χ1v) is 22.7. The van der Waals surface area contributed by atoms with Crippen molar-refractivity contribution in [2.45, 2.75) is 122 Å². The van der Waals surface area contributed by atoms with Gasteiger partial charge in [-0.25, -0.2) is 9.59 Å². The Kier molecular flexibility index (Phi) is 14.0. The molecule has 4 heterocycles. The van der Waals surface area contributed by atoms with Crippen LogP contribution in [0.5, 0.6) is 0 Å². The number of rotatable bonds is 13. The number of carbonyl (C=O) groups is 6. The molecule has 342 valence electrons. The van der Waals surface area contributed by atoms with Gasteiger partial charge >= 0.3 is 12.2 Å². The molecule has 6 amide bonds. The summed E-state index contributed by atoms with van der Waals surface area (Å²) in [6.07, 6.45) is 3.18. The maximum Gasteiger partial charge on any atom is 0.407 e. The number of alkyl carbamates (subject to hydrolysis) is 2. The number of fused-ring (bicyclic) bond motifs is 5. The lowest BCUT2D eigenvalue weighted by atomic mass is 9.81. The van der Waals surface area contributed by atoms with Crippen molar-refractivity contribution in [1.82, 2.24) is 25.3 Å². The second kappa shape index (κ2) is 19.4. The molecule has 3 saturated heterocycles. The highest BCUT2D eigenvalue weighted by atomic mass is 16.5. The summed E-state index contributed by atoms with van der Waals surface area (Å²) in [5.41, 5.74) is 8.31. The van der Waals surface area contributed by atoms with E-state index in [1.165, 1.54) is 25.3 Å². The van der Waals surface area contributed by atoms with Gasteiger partial charge in [-0.1, -0.05) is 64.1 Å². The fourth-order valence-corrected chi connectivity index (χ4v) is 10.3. The van der Waals surface area contributed by atoms with E-state index < -0.39 is 36.4 Å². The van der Waals surface area contributed by atoms with Gasteiger partial charge in [0.2, 0.25) is 23.6 Å². The fourth-order valence-electron chi connectivity index (χ4n) is 10.3. The van der Waals surface area contributed by atoms with E-state index in [2.05, 4.69) is 52.1 Å². The largest absolute Gasteiger partial charge is 0.453 e. The average molecular weight is 878 g/mol. The van der Waals surface area contributed by atoms with E-state index in [1.807, 2.05) is 76.2 Å². The summed E-state index contributed by atoms with van der Waals surface area (Å²) < 4.78 is 9.48. The SMILES string of the molecule is COC(=O)N[C@H](C(=O)N1CCC[C@H]1C(=O)Nc1ccc(-c2ccc(-c3ccc(NC(=O)[C@@H]4CCCN4C(=O)[C@@H](NC(=O)OC)C(C)C)cc3)c3c2C2CCC3N2C(C)C)cc1)C(C)C. The summed E-state index contributed by atoms with van der Waals surface area (Å²) >= 11 is 0. The van der Waals surface area contributed by atoms with Crippen LogP contribution in [0.1, 0.15) is 103 Å². The smallest absolute Gasteiger partial charge is 0.407 e. The molecule has 6 atom stereocenters. The third kappa shape index (κ3) is 9.17. The second-order valence-electron chi connectivity index (χ2n) is 18.4. The molecule has 0 spiro atoms. The van der Waals surface area contributed by atoms with Crippen LogP contribution >= 0.6 is 0 Å². The molecule has 4 aliphatic rings. The molecule has 3 aromatic rings. The van der Waals surface area contributed by atoms with Crippen molar-refractivity contribution in [3.05, 3.63) is 71.8 Å². The van der Waals surface area contributed by atoms with Crippen molar-refractivity contribution in [1.29, 1.82) is 0 Å². The normalized spacial score (nSPS) is 21.2. The Morgan fingerprint density at radius 3 is 1.25 bits per heavy atom. The van der Waals surface area contributed by atoms with Crippen LogP contribution in [0.2, 0.25) is 0 Å². The predicted molar refractivity (Wildman–Crippen MR) is 244 cm³/mol. The van der Waals surface area contributed by atoms with Crippen LogP contribution in [0.15, 0.2) is 60.7 Å². The molecule has 4 aliphatic heterocycles. The Labute approximate surface area is 376 Å². The molecule has 4 N–H and O–H groups in total. The molecule has 2 unspecified atom stereocenters. The quantitative estimate of drug-likeness (QED) is 0.138. The van der Waals surface area contributed by atoms with Gasteiger partial charge in [0.25, 0.3) is 0 Å². The van der Waals surface area contributed by atoms with E-state index in [1.54, 1.807) is 9.80 Å². The zero-order chi connectivity index (χ0) is 46.0. The first kappa shape index (κ1) is 46.0. The van der Waals surface area contributed by atoms with Crippen molar-refractivity contribution in [3.63, 3.8) is 0 Å². The molecule has 0 aliphatic carbocycles. The lowest BCUT2D eigenvalue weighted by Gasteiger charge is -2.30. The zero-order valence-corrected chi connectivity index (χ0v) is 38.2. The number of benzene rings is 3. The van der Waals surface area contributed by atoms with Crippen LogP contribution in [0, 0.1) is 11.8 Å². The predicted octanol–water partition coefficient (Wildman–Crippen LogP) is 7.24. The standard InChI is InChI=1S/C49H63N7O8/c1-27(2)42(52-48(61)63-7)46(59)54-25-9-11-38(54)44(57)50-32-17-13-30(14-18-32)34-21-22-35(41-37-24-23-36(40(34)41)56(37)29(5)6)31-15-19-33(20-16-31)51-45(58)39-12-10-26-55(39)47(60)43(28(3)4)53-49(62)64-8/h13-22,27-29,36-39,42-43H,9-12,23-26H2,1-8H3,(H,50,57)(H,51,58)(H,52,61)(H,53,62)/t36?,37?,38-,39-,42-,43-/m0/s1. The van der Waals surface area contributed by atoms with Crippen LogP contribution in [-0.2, 0) is 28.7 Å². The third-order valence-corrected chi connectivity index (χ3v) is 13.4. The van der Waals surface area contributed by atoms with Crippen LogP contribution < -0.4 is 21.3 Å². The van der Waals surface area contributed by atoms with E-state index in [0.717, 1.165) is 35.1 Å². The van der Waals surface area contributed by atoms with Gasteiger partial charge in [-0.05, 0) is 122 Å². The maximum absolute atomic E-state index is 13.6. The van der Waals surface area contributed by atoms with Gasteiger partial charge in [0.15, 0.2) is 0 Å². The average Bonchev–Trinajstić information content (AvgIpc) is 4.11. The Balaban J connectivity index is 1.08. The van der Waals surface area contributed by atoms with E-state index in [-0.39, 0.29) is 47.5 Å². The molecular weight excluding hydrogens is 815 g/mol. The lowest BCUT2D eigenvalue weighted by Crippen LogP contribution is -2.54. The maximum atomic E-state index is 13.6. The molecular formula is C49H63N7O8. The number of likely N-dealkylation sites (tertiary alicyclic amines) is 2. The molecule has 3 aromatic carbocycles. The fraction of sp³-hybridized carbons (Fsp3) is 0.510. The Morgan fingerprint density at radius 1 is 0.547 bits per heavy atom. The van der Waals surface area contributed by atoms with Crippen LogP contribution in [-0.4, -0.2) is 108 Å². The molecule has 0 saturated carbocycles. The van der Waals surface area contributed by atoms with Crippen molar-refractivity contribution in [2.24, 2.45) is 11.8 Å². The van der Waals surface area contributed by atoms with Gasteiger partial charge in [-0.2, -0.15) is 0 Å². The summed E-state index contributed by atoms with van der Waals surface area (Å²) in [5.74, 6) is -1.51. The van der Waals surface area contributed by atoms with E-state index in [4.69, 9.17) is 9.47 Å². The van der Waals surface area contributed by atoms with Gasteiger partial charge in [0.05, 0.1) is 14.2 Å². The minimum atomic E-state index is -0.807. The number of amides is 6. The number of nitrogens with zero attached hydrogens (tertiary/aromatic N) is 3. The highest BCUT2D eigenvalue weighted by molar-refractivity contribution is 6.00. The third-order valence-electron chi connectivity index (χ3n) is 13.4. The van der Waals surface area contributed by atoms with Gasteiger partial charge in [-0.15, -0.1) is 0 Å². The van der Waals surface area contributed by atoms with Crippen molar-refractivity contribution in [3.8, 4) is 22.3 Å². The zero-order valence-electron chi connectivity index (χ0n) is 38.2. The first-order chi connectivity index (χ1) is 30.6. The van der Waals surface area contributed by atoms with Crippen LogP contribution in [0.3, 0.4) is 0 Å². The molecule has 15 heteroatoms. The van der Waals surface area contributed by atoms with Crippen molar-refractivity contribution >= 4 is 47.2 Å². The Morgan fingerprint density at radius 2 is 0.922 bits per heavy atom. The minimum Gasteiger partial charge on any atom is -0.453 e. The number of hydrogen-bond donors (Lipinski definition) is 4.